The second-order valence-corrected chi connectivity index (χ2v) is 9.40. The van der Waals surface area contributed by atoms with Gasteiger partial charge in [-0.15, -0.1) is 0 Å². The fraction of sp³-hybridized carbons (Fsp3) is 0.200. The number of para-hydroxylation sites is 3. The number of aromatic nitrogens is 1. The molecule has 1 aliphatic rings. The number of amides is 2. The predicted molar refractivity (Wildman–Crippen MR) is 138 cm³/mol. The molecule has 1 aliphatic heterocycles. The van der Waals surface area contributed by atoms with Gasteiger partial charge in [-0.25, -0.2) is 4.99 Å². The van der Waals surface area contributed by atoms with Crippen LogP contribution >= 0.6 is 27.7 Å². The molecule has 174 valence electrons. The number of halogens is 1. The molecule has 0 radical (unpaired) electrons. The van der Waals surface area contributed by atoms with Crippen molar-refractivity contribution in [1.29, 1.82) is 0 Å². The summed E-state index contributed by atoms with van der Waals surface area (Å²) in [6.07, 6.45) is 1.71. The summed E-state index contributed by atoms with van der Waals surface area (Å²) >= 11 is 4.71. The Labute approximate surface area is 210 Å². The number of carbonyl (C=O) groups is 2. The number of aliphatic imine (C=N–C) groups is 1. The molecule has 1 aromatic heterocycles. The summed E-state index contributed by atoms with van der Waals surface area (Å²) in [4.78, 5) is 36.8. The number of nitrogens with one attached hydrogen (secondary N) is 1. The Morgan fingerprint density at radius 1 is 1.15 bits per heavy atom. The minimum atomic E-state index is -0.593. The Bertz CT molecular complexity index is 1210. The third-order valence-electron chi connectivity index (χ3n) is 4.97. The number of benzene rings is 2. The van der Waals surface area contributed by atoms with Gasteiger partial charge >= 0.3 is 0 Å². The Kier molecular flexibility index (Phi) is 7.97. The zero-order valence-electron chi connectivity index (χ0n) is 18.5. The number of rotatable bonds is 8. The van der Waals surface area contributed by atoms with E-state index in [-0.39, 0.29) is 24.8 Å². The number of hydrogen-bond acceptors (Lipinski definition) is 6. The summed E-state index contributed by atoms with van der Waals surface area (Å²) in [6, 6.07) is 20.3. The predicted octanol–water partition coefficient (Wildman–Crippen LogP) is 5.40. The Morgan fingerprint density at radius 2 is 1.91 bits per heavy atom. The van der Waals surface area contributed by atoms with Crippen LogP contribution in [0.2, 0.25) is 0 Å². The molecule has 1 atom stereocenters. The normalized spacial score (nSPS) is 16.6. The van der Waals surface area contributed by atoms with E-state index in [4.69, 9.17) is 9.73 Å². The SMILES string of the molecule is CCOc1ccccc1N=C1S[C@@H](CC(=O)Nc2ccccc2Br)C(=O)N1Cc1ccccn1. The molecule has 9 heteroatoms. The Morgan fingerprint density at radius 3 is 2.68 bits per heavy atom. The molecule has 7 nitrogen and oxygen atoms in total. The molecule has 34 heavy (non-hydrogen) atoms. The van der Waals surface area contributed by atoms with E-state index in [0.717, 1.165) is 10.2 Å². The van der Waals surface area contributed by atoms with Crippen LogP contribution in [-0.2, 0) is 16.1 Å². The zero-order valence-corrected chi connectivity index (χ0v) is 20.9. The summed E-state index contributed by atoms with van der Waals surface area (Å²) in [5, 5.41) is 2.79. The second-order valence-electron chi connectivity index (χ2n) is 7.38. The van der Waals surface area contributed by atoms with Gasteiger partial charge in [0.05, 0.1) is 24.5 Å². The Balaban J connectivity index is 1.58. The van der Waals surface area contributed by atoms with Crippen molar-refractivity contribution in [3.8, 4) is 5.75 Å². The van der Waals surface area contributed by atoms with E-state index in [1.54, 1.807) is 17.2 Å². The van der Waals surface area contributed by atoms with Crippen LogP contribution in [0.1, 0.15) is 19.0 Å². The zero-order chi connectivity index (χ0) is 23.9. The highest BCUT2D eigenvalue weighted by Crippen LogP contribution is 2.35. The van der Waals surface area contributed by atoms with Gasteiger partial charge in [-0.3, -0.25) is 19.5 Å². The van der Waals surface area contributed by atoms with Gasteiger partial charge in [-0.05, 0) is 59.3 Å². The van der Waals surface area contributed by atoms with Gasteiger partial charge < -0.3 is 10.1 Å². The molecule has 0 saturated carbocycles. The molecule has 1 N–H and O–H groups in total. The van der Waals surface area contributed by atoms with E-state index >= 15 is 0 Å². The monoisotopic (exact) mass is 538 g/mol. The van der Waals surface area contributed by atoms with E-state index in [1.165, 1.54) is 11.8 Å². The van der Waals surface area contributed by atoms with Crippen LogP contribution < -0.4 is 10.1 Å². The van der Waals surface area contributed by atoms with Gasteiger partial charge in [-0.1, -0.05) is 42.1 Å². The van der Waals surface area contributed by atoms with Crippen LogP contribution in [-0.4, -0.2) is 38.7 Å². The lowest BCUT2D eigenvalue weighted by Crippen LogP contribution is -2.33. The van der Waals surface area contributed by atoms with Crippen LogP contribution in [0.15, 0.2) is 82.4 Å². The average Bonchev–Trinajstić information content (AvgIpc) is 3.11. The van der Waals surface area contributed by atoms with Crippen molar-refractivity contribution in [2.45, 2.75) is 25.1 Å². The maximum Gasteiger partial charge on any atom is 0.243 e. The van der Waals surface area contributed by atoms with E-state index in [9.17, 15) is 9.59 Å². The van der Waals surface area contributed by atoms with Crippen LogP contribution in [0.5, 0.6) is 5.75 Å². The van der Waals surface area contributed by atoms with Gasteiger partial charge in [0.2, 0.25) is 11.8 Å². The summed E-state index contributed by atoms with van der Waals surface area (Å²) in [7, 11) is 0. The molecule has 1 fully saturated rings. The molecule has 2 amide bonds. The van der Waals surface area contributed by atoms with Crippen molar-refractivity contribution in [1.82, 2.24) is 9.88 Å². The molecule has 0 aliphatic carbocycles. The van der Waals surface area contributed by atoms with Crippen molar-refractivity contribution in [3.63, 3.8) is 0 Å². The fourth-order valence-corrected chi connectivity index (χ4v) is 4.92. The highest BCUT2D eigenvalue weighted by atomic mass is 79.9. The minimum Gasteiger partial charge on any atom is -0.492 e. The summed E-state index contributed by atoms with van der Waals surface area (Å²) < 4.78 is 6.47. The molecular formula is C25H23BrN4O3S. The van der Waals surface area contributed by atoms with E-state index in [2.05, 4.69) is 26.2 Å². The van der Waals surface area contributed by atoms with E-state index < -0.39 is 5.25 Å². The summed E-state index contributed by atoms with van der Waals surface area (Å²) in [5.74, 6) is 0.218. The molecule has 0 unspecified atom stereocenters. The first-order valence-electron chi connectivity index (χ1n) is 10.8. The fourth-order valence-electron chi connectivity index (χ4n) is 3.39. The lowest BCUT2D eigenvalue weighted by molar-refractivity contribution is -0.128. The highest BCUT2D eigenvalue weighted by molar-refractivity contribution is 9.10. The van der Waals surface area contributed by atoms with Crippen molar-refractivity contribution in [2.75, 3.05) is 11.9 Å². The van der Waals surface area contributed by atoms with Gasteiger partial charge in [0.1, 0.15) is 16.7 Å². The van der Waals surface area contributed by atoms with Crippen LogP contribution in [0.4, 0.5) is 11.4 Å². The summed E-state index contributed by atoms with van der Waals surface area (Å²) in [6.45, 7) is 2.68. The van der Waals surface area contributed by atoms with Crippen LogP contribution in [0, 0.1) is 0 Å². The van der Waals surface area contributed by atoms with Crippen LogP contribution in [0.25, 0.3) is 0 Å². The van der Waals surface area contributed by atoms with Gasteiger partial charge in [0, 0.05) is 17.1 Å². The third kappa shape index (κ3) is 5.84. The molecule has 2 aromatic carbocycles. The minimum absolute atomic E-state index is 0.0235. The van der Waals surface area contributed by atoms with Gasteiger partial charge in [0.15, 0.2) is 5.17 Å². The number of amidine groups is 1. The first kappa shape index (κ1) is 24.0. The number of carbonyl (C=O) groups excluding carboxylic acids is 2. The number of hydrogen-bond donors (Lipinski definition) is 1. The maximum absolute atomic E-state index is 13.4. The Hall–Kier alpha value is -3.17. The number of pyridine rings is 1. The van der Waals surface area contributed by atoms with Crippen molar-refractivity contribution < 1.29 is 14.3 Å². The van der Waals surface area contributed by atoms with E-state index in [0.29, 0.717) is 28.9 Å². The van der Waals surface area contributed by atoms with Gasteiger partial charge in [-0.2, -0.15) is 0 Å². The maximum atomic E-state index is 13.4. The standard InChI is InChI=1S/C25H23BrN4O3S/c1-2-33-21-13-6-5-12-20(21)29-25-30(16-17-9-7-8-14-27-17)24(32)22(34-25)15-23(31)28-19-11-4-3-10-18(19)26/h3-14,22H,2,15-16H2,1H3,(H,28,31)/t22-/m0/s1. The number of thioether (sulfide) groups is 1. The smallest absolute Gasteiger partial charge is 0.243 e. The first-order chi connectivity index (χ1) is 16.5. The van der Waals surface area contributed by atoms with Crippen molar-refractivity contribution >= 4 is 56.0 Å². The van der Waals surface area contributed by atoms with Crippen molar-refractivity contribution in [2.24, 2.45) is 4.99 Å². The van der Waals surface area contributed by atoms with Crippen molar-refractivity contribution in [3.05, 3.63) is 83.1 Å². The highest BCUT2D eigenvalue weighted by Gasteiger charge is 2.39. The molecule has 2 heterocycles. The molecule has 1 saturated heterocycles. The molecule has 3 aromatic rings. The van der Waals surface area contributed by atoms with E-state index in [1.807, 2.05) is 67.6 Å². The second kappa shape index (κ2) is 11.3. The number of anilines is 1. The molecular weight excluding hydrogens is 516 g/mol. The number of ether oxygens (including phenoxy) is 1. The third-order valence-corrected chi connectivity index (χ3v) is 6.83. The average molecular weight is 539 g/mol. The lowest BCUT2D eigenvalue weighted by Gasteiger charge is -2.16. The molecule has 0 spiro atoms. The summed E-state index contributed by atoms with van der Waals surface area (Å²) in [5.41, 5.74) is 2.03. The number of nitrogens with zero attached hydrogens (tertiary/aromatic N) is 3. The largest absolute Gasteiger partial charge is 0.492 e. The topological polar surface area (TPSA) is 83.9 Å². The van der Waals surface area contributed by atoms with Crippen LogP contribution in [0.3, 0.4) is 0 Å². The lowest BCUT2D eigenvalue weighted by atomic mass is 10.2. The van der Waals surface area contributed by atoms with Gasteiger partial charge in [0.25, 0.3) is 0 Å². The molecule has 0 bridgehead atoms. The molecule has 4 rings (SSSR count). The first-order valence-corrected chi connectivity index (χ1v) is 12.4. The quantitative estimate of drug-likeness (QED) is 0.414.